The highest BCUT2D eigenvalue weighted by atomic mass is 32.1. The molecule has 0 radical (unpaired) electrons. The van der Waals surface area contributed by atoms with Crippen molar-refractivity contribution in [3.63, 3.8) is 0 Å². The van der Waals surface area contributed by atoms with Gasteiger partial charge in [0.15, 0.2) is 0 Å². The lowest BCUT2D eigenvalue weighted by atomic mass is 9.77. The Bertz CT molecular complexity index is 861. The van der Waals surface area contributed by atoms with Crippen LogP contribution in [0.2, 0.25) is 0 Å². The smallest absolute Gasteiger partial charge is 0.120 e. The maximum atomic E-state index is 5.88. The van der Waals surface area contributed by atoms with Gasteiger partial charge in [0, 0.05) is 43.5 Å². The Hall–Kier alpha value is -2.03. The van der Waals surface area contributed by atoms with Gasteiger partial charge in [-0.25, -0.2) is 9.67 Å². The number of nitrogens with zero attached hydrogens (tertiary/aromatic N) is 5. The maximum absolute atomic E-state index is 5.88. The molecule has 3 aromatic heterocycles. The lowest BCUT2D eigenvalue weighted by Crippen LogP contribution is -2.37. The summed E-state index contributed by atoms with van der Waals surface area (Å²) in [6.45, 7) is 3.13. The van der Waals surface area contributed by atoms with Gasteiger partial charge in [-0.3, -0.25) is 4.90 Å². The number of aromatic amines is 1. The van der Waals surface area contributed by atoms with E-state index in [0.29, 0.717) is 11.8 Å². The number of methoxy groups -OCH3 is 1. The number of H-pyrrole nitrogens is 1. The maximum Gasteiger partial charge on any atom is 0.120 e. The van der Waals surface area contributed by atoms with Gasteiger partial charge in [0.2, 0.25) is 0 Å². The number of aromatic nitrogens is 5. The van der Waals surface area contributed by atoms with Crippen LogP contribution in [0.25, 0.3) is 11.3 Å². The Morgan fingerprint density at radius 3 is 2.93 bits per heavy atom. The van der Waals surface area contributed by atoms with Crippen molar-refractivity contribution < 1.29 is 4.74 Å². The molecule has 0 bridgehead atoms. The van der Waals surface area contributed by atoms with E-state index in [1.807, 2.05) is 24.2 Å². The third-order valence-corrected chi connectivity index (χ3v) is 6.74. The molecule has 0 unspecified atom stereocenters. The van der Waals surface area contributed by atoms with Crippen LogP contribution in [0.3, 0.4) is 0 Å². The molecule has 0 spiro atoms. The monoisotopic (exact) mass is 384 g/mol. The van der Waals surface area contributed by atoms with Crippen LogP contribution in [0.1, 0.15) is 24.7 Å². The zero-order valence-electron chi connectivity index (χ0n) is 15.4. The minimum Gasteiger partial charge on any atom is -0.379 e. The quantitative estimate of drug-likeness (QED) is 0.732. The molecule has 142 valence electrons. The molecule has 5 rings (SSSR count). The Balaban J connectivity index is 1.31. The molecule has 1 aliphatic carbocycles. The van der Waals surface area contributed by atoms with Gasteiger partial charge < -0.3 is 9.72 Å². The molecule has 27 heavy (non-hydrogen) atoms. The predicted molar refractivity (Wildman–Crippen MR) is 103 cm³/mol. The fraction of sp³-hybridized carbons (Fsp3) is 0.526. The van der Waals surface area contributed by atoms with Crippen molar-refractivity contribution >= 4 is 11.3 Å². The van der Waals surface area contributed by atoms with Crippen LogP contribution in [0.5, 0.6) is 0 Å². The SMILES string of the molecule is CO[C@@H]1C[C@H]2CN(Cc3ncc[nH]3)C[C@H]2C[C@H]1n1cc(-c2ccsc2)nn1. The van der Waals surface area contributed by atoms with Crippen molar-refractivity contribution in [1.82, 2.24) is 29.9 Å². The van der Waals surface area contributed by atoms with Gasteiger partial charge in [-0.15, -0.1) is 5.10 Å². The summed E-state index contributed by atoms with van der Waals surface area (Å²) >= 11 is 1.68. The number of hydrogen-bond acceptors (Lipinski definition) is 6. The summed E-state index contributed by atoms with van der Waals surface area (Å²) in [5, 5.41) is 13.0. The number of imidazole rings is 1. The number of fused-ring (bicyclic) bond motifs is 1. The number of thiophene rings is 1. The van der Waals surface area contributed by atoms with Crippen LogP contribution in [0, 0.1) is 11.8 Å². The van der Waals surface area contributed by atoms with Crippen molar-refractivity contribution in [3.05, 3.63) is 41.2 Å². The molecule has 2 aliphatic rings. The second kappa shape index (κ2) is 7.18. The average Bonchev–Trinajstić information content (AvgIpc) is 3.46. The van der Waals surface area contributed by atoms with Gasteiger partial charge in [0.05, 0.1) is 24.9 Å². The molecule has 0 amide bonds. The van der Waals surface area contributed by atoms with Crippen LogP contribution in [0.4, 0.5) is 0 Å². The Kier molecular flexibility index (Phi) is 4.55. The second-order valence-electron chi connectivity index (χ2n) is 7.66. The first kappa shape index (κ1) is 17.1. The van der Waals surface area contributed by atoms with Gasteiger partial charge >= 0.3 is 0 Å². The minimum absolute atomic E-state index is 0.187. The Morgan fingerprint density at radius 2 is 2.19 bits per heavy atom. The molecule has 1 saturated heterocycles. The zero-order valence-corrected chi connectivity index (χ0v) is 16.2. The Morgan fingerprint density at radius 1 is 1.30 bits per heavy atom. The van der Waals surface area contributed by atoms with Gasteiger partial charge in [0.25, 0.3) is 0 Å². The van der Waals surface area contributed by atoms with Crippen LogP contribution < -0.4 is 0 Å². The first-order valence-corrected chi connectivity index (χ1v) is 10.4. The van der Waals surface area contributed by atoms with Crippen LogP contribution in [-0.2, 0) is 11.3 Å². The highest BCUT2D eigenvalue weighted by Gasteiger charge is 2.43. The lowest BCUT2D eigenvalue weighted by Gasteiger charge is -2.37. The zero-order chi connectivity index (χ0) is 18.2. The molecule has 1 aliphatic heterocycles. The highest BCUT2D eigenvalue weighted by Crippen LogP contribution is 2.42. The van der Waals surface area contributed by atoms with Gasteiger partial charge in [-0.05, 0) is 36.1 Å². The lowest BCUT2D eigenvalue weighted by molar-refractivity contribution is -0.00545. The normalized spacial score (nSPS) is 28.5. The van der Waals surface area contributed by atoms with Crippen molar-refractivity contribution in [1.29, 1.82) is 0 Å². The van der Waals surface area contributed by atoms with E-state index in [0.717, 1.165) is 49.6 Å². The summed E-state index contributed by atoms with van der Waals surface area (Å²) in [4.78, 5) is 10.1. The third-order valence-electron chi connectivity index (χ3n) is 6.06. The molecule has 2 fully saturated rings. The van der Waals surface area contributed by atoms with Crippen LogP contribution in [0.15, 0.2) is 35.4 Å². The fourth-order valence-corrected chi connectivity index (χ4v) is 5.38. The summed E-state index contributed by atoms with van der Waals surface area (Å²) < 4.78 is 7.92. The third kappa shape index (κ3) is 3.33. The standard InChI is InChI=1S/C19H24N6OS/c1-26-18-7-15-9-24(11-19-20-3-4-21-19)8-14(15)6-17(18)25-10-16(22-23-25)13-2-5-27-12-13/h2-5,10,12,14-15,17-18H,6-9,11H2,1H3,(H,20,21)/t14-,15+,17-,18-/m1/s1. The number of likely N-dealkylation sites (tertiary alicyclic amines) is 1. The molecule has 7 nitrogen and oxygen atoms in total. The van der Waals surface area contributed by atoms with E-state index in [1.165, 1.54) is 0 Å². The number of ether oxygens (including phenoxy) is 1. The Labute approximate surface area is 162 Å². The first-order valence-electron chi connectivity index (χ1n) is 9.48. The first-order chi connectivity index (χ1) is 13.3. The van der Waals surface area contributed by atoms with E-state index in [4.69, 9.17) is 4.74 Å². The highest BCUT2D eigenvalue weighted by molar-refractivity contribution is 7.08. The van der Waals surface area contributed by atoms with Crippen molar-refractivity contribution in [2.75, 3.05) is 20.2 Å². The van der Waals surface area contributed by atoms with Crippen LogP contribution >= 0.6 is 11.3 Å². The molecule has 4 atom stereocenters. The summed E-state index contributed by atoms with van der Waals surface area (Å²) in [5.74, 6) is 2.40. The summed E-state index contributed by atoms with van der Waals surface area (Å²) in [6.07, 6.45) is 8.15. The van der Waals surface area contributed by atoms with Gasteiger partial charge in [-0.1, -0.05) is 5.21 Å². The average molecular weight is 385 g/mol. The number of nitrogens with one attached hydrogen (secondary N) is 1. The molecule has 8 heteroatoms. The topological polar surface area (TPSA) is 71.9 Å². The number of rotatable bonds is 5. The summed E-state index contributed by atoms with van der Waals surface area (Å²) in [7, 11) is 1.82. The molecule has 0 aromatic carbocycles. The second-order valence-corrected chi connectivity index (χ2v) is 8.44. The molecular formula is C19H24N6OS. The fourth-order valence-electron chi connectivity index (χ4n) is 4.73. The summed E-state index contributed by atoms with van der Waals surface area (Å²) in [6, 6.07) is 2.34. The van der Waals surface area contributed by atoms with E-state index in [1.54, 1.807) is 11.3 Å². The van der Waals surface area contributed by atoms with E-state index in [9.17, 15) is 0 Å². The minimum atomic E-state index is 0.187. The predicted octanol–water partition coefficient (Wildman–Crippen LogP) is 2.83. The van der Waals surface area contributed by atoms with E-state index in [2.05, 4.69) is 48.2 Å². The van der Waals surface area contributed by atoms with Crippen LogP contribution in [-0.4, -0.2) is 56.2 Å². The van der Waals surface area contributed by atoms with Crippen molar-refractivity contribution in [2.24, 2.45) is 11.8 Å². The molecule has 1 saturated carbocycles. The largest absolute Gasteiger partial charge is 0.379 e. The van der Waals surface area contributed by atoms with Gasteiger partial charge in [-0.2, -0.15) is 11.3 Å². The van der Waals surface area contributed by atoms with E-state index >= 15 is 0 Å². The summed E-state index contributed by atoms with van der Waals surface area (Å²) in [5.41, 5.74) is 2.08. The van der Waals surface area contributed by atoms with Crippen molar-refractivity contribution in [3.8, 4) is 11.3 Å². The molecule has 1 N–H and O–H groups in total. The van der Waals surface area contributed by atoms with Gasteiger partial charge in [0.1, 0.15) is 11.5 Å². The number of hydrogen-bond donors (Lipinski definition) is 1. The van der Waals surface area contributed by atoms with E-state index < -0.39 is 0 Å². The molecule has 3 aromatic rings. The van der Waals surface area contributed by atoms with E-state index in [-0.39, 0.29) is 12.1 Å². The molecule has 4 heterocycles. The van der Waals surface area contributed by atoms with Crippen molar-refractivity contribution in [2.45, 2.75) is 31.5 Å². The molecular weight excluding hydrogens is 360 g/mol.